The molecule has 0 radical (unpaired) electrons. The Morgan fingerprint density at radius 1 is 0.755 bits per heavy atom. The Balaban J connectivity index is 0.000000271. The number of ether oxygens (including phenoxy) is 2. The van der Waals surface area contributed by atoms with Gasteiger partial charge in [-0.2, -0.15) is 0 Å². The molecule has 4 aromatic rings. The second-order valence-electron chi connectivity index (χ2n) is 14.4. The van der Waals surface area contributed by atoms with Gasteiger partial charge in [0.05, 0.1) is 11.0 Å². The molecule has 2 atom stereocenters. The fourth-order valence-corrected chi connectivity index (χ4v) is 6.02. The van der Waals surface area contributed by atoms with Gasteiger partial charge >= 0.3 is 0 Å². The molecule has 0 aliphatic rings. The monoisotopic (exact) mass is 782 g/mol. The van der Waals surface area contributed by atoms with Crippen LogP contribution in [0.3, 0.4) is 0 Å². The number of aromatic nitrogens is 2. The zero-order valence-electron chi connectivity index (χ0n) is 30.2. The zero-order chi connectivity index (χ0) is 36.6. The molecule has 8 nitrogen and oxygen atoms in total. The average Bonchev–Trinajstić information content (AvgIpc) is 2.99. The lowest BCUT2D eigenvalue weighted by molar-refractivity contribution is -0.126. The number of benzene rings is 2. The van der Waals surface area contributed by atoms with Gasteiger partial charge in [-0.15, -0.1) is 29.1 Å². The Hall–Kier alpha value is -3.24. The summed E-state index contributed by atoms with van der Waals surface area (Å²) in [4.78, 5) is 33.4. The van der Waals surface area contributed by atoms with Crippen molar-refractivity contribution in [3.05, 3.63) is 71.0 Å². The van der Waals surface area contributed by atoms with Crippen molar-refractivity contribution in [3.63, 3.8) is 0 Å². The summed E-state index contributed by atoms with van der Waals surface area (Å²) in [5.41, 5.74) is 4.24. The molecule has 262 valence electrons. The van der Waals surface area contributed by atoms with Crippen LogP contribution in [0.15, 0.2) is 65.4 Å². The van der Waals surface area contributed by atoms with E-state index in [1.54, 1.807) is 12.4 Å². The Morgan fingerprint density at radius 2 is 1.20 bits per heavy atom. The number of pyridine rings is 2. The highest BCUT2D eigenvalue weighted by molar-refractivity contribution is 9.10. The molecular formula is C37H47BrN4O4S2Si. The second kappa shape index (κ2) is 17.1. The lowest BCUT2D eigenvalue weighted by Gasteiger charge is -2.24. The van der Waals surface area contributed by atoms with Crippen molar-refractivity contribution in [1.82, 2.24) is 20.6 Å². The summed E-state index contributed by atoms with van der Waals surface area (Å²) < 4.78 is 12.7. The van der Waals surface area contributed by atoms with Crippen LogP contribution in [0.4, 0.5) is 0 Å². The van der Waals surface area contributed by atoms with Crippen molar-refractivity contribution in [2.24, 2.45) is 0 Å². The molecule has 0 bridgehead atoms. The summed E-state index contributed by atoms with van der Waals surface area (Å²) >= 11 is 6.13. The summed E-state index contributed by atoms with van der Waals surface area (Å²) in [5.74, 6) is 4.25. The Kier molecular flexibility index (Phi) is 14.0. The van der Waals surface area contributed by atoms with E-state index in [1.165, 1.54) is 23.5 Å². The number of rotatable bonds is 8. The topological polar surface area (TPSA) is 102 Å². The number of hydrogen-bond acceptors (Lipinski definition) is 8. The summed E-state index contributed by atoms with van der Waals surface area (Å²) in [6, 6.07) is 15.3. The quantitative estimate of drug-likeness (QED) is 0.104. The lowest BCUT2D eigenvalue weighted by Crippen LogP contribution is -2.46. The number of nitrogens with one attached hydrogen (secondary N) is 2. The van der Waals surface area contributed by atoms with Crippen LogP contribution in [-0.2, 0) is 9.59 Å². The van der Waals surface area contributed by atoms with Crippen LogP contribution in [0.25, 0.3) is 21.8 Å². The molecular weight excluding hydrogens is 737 g/mol. The molecule has 0 fully saturated rings. The van der Waals surface area contributed by atoms with Gasteiger partial charge in [0.1, 0.15) is 19.6 Å². The summed E-state index contributed by atoms with van der Waals surface area (Å²) in [6.45, 7) is 18.3. The zero-order valence-corrected chi connectivity index (χ0v) is 34.4. The first kappa shape index (κ1) is 40.2. The Bertz CT molecular complexity index is 1840. The van der Waals surface area contributed by atoms with E-state index >= 15 is 0 Å². The predicted octanol–water partition coefficient (Wildman–Crippen LogP) is 8.43. The molecule has 2 aromatic heterocycles. The molecule has 4 rings (SSSR count). The highest BCUT2D eigenvalue weighted by Gasteiger charge is 2.25. The van der Waals surface area contributed by atoms with Crippen molar-refractivity contribution in [2.75, 3.05) is 12.5 Å². The average molecular weight is 784 g/mol. The van der Waals surface area contributed by atoms with Crippen molar-refractivity contribution in [1.29, 1.82) is 0 Å². The first-order valence-electron chi connectivity index (χ1n) is 15.8. The van der Waals surface area contributed by atoms with E-state index in [0.717, 1.165) is 31.8 Å². The van der Waals surface area contributed by atoms with E-state index < -0.39 is 18.9 Å². The van der Waals surface area contributed by atoms with Gasteiger partial charge in [-0.25, -0.2) is 0 Å². The smallest absolute Gasteiger partial charge is 0.272 e. The number of amides is 2. The minimum Gasteiger partial charge on any atom is -0.470 e. The molecule has 49 heavy (non-hydrogen) atoms. The molecule has 2 aromatic carbocycles. The van der Waals surface area contributed by atoms with Crippen LogP contribution in [0.1, 0.15) is 47.1 Å². The van der Waals surface area contributed by atoms with Gasteiger partial charge in [0.15, 0.2) is 0 Å². The first-order valence-corrected chi connectivity index (χ1v) is 22.6. The van der Waals surface area contributed by atoms with Gasteiger partial charge in [-0.3, -0.25) is 19.6 Å². The molecule has 12 heteroatoms. The van der Waals surface area contributed by atoms with Crippen LogP contribution in [0, 0.1) is 11.5 Å². The number of nitrogens with zero attached hydrogens (tertiary/aromatic N) is 2. The van der Waals surface area contributed by atoms with Crippen LogP contribution < -0.4 is 20.1 Å². The number of hydrogen-bond donors (Lipinski definition) is 2. The van der Waals surface area contributed by atoms with E-state index in [0.29, 0.717) is 11.5 Å². The van der Waals surface area contributed by atoms with E-state index in [9.17, 15) is 9.59 Å². The lowest BCUT2D eigenvalue weighted by atomic mass is 10.1. The number of halogens is 1. The number of carbonyl (C=O) groups excluding carboxylic acids is 2. The maximum atomic E-state index is 12.4. The Morgan fingerprint density at radius 3 is 1.63 bits per heavy atom. The van der Waals surface area contributed by atoms with E-state index in [-0.39, 0.29) is 22.9 Å². The molecule has 0 aliphatic heterocycles. The minimum absolute atomic E-state index is 0.132. The van der Waals surface area contributed by atoms with Gasteiger partial charge in [-0.05, 0) is 119 Å². The standard InChI is InChI=1S/C21H28N2O2SSi.C16H19BrN2O2S/c1-21(2,3)23-19(24)20(26-4)25-17-8-9-18-16(13-17)12-15(14-22-18)10-11-27(5,6)7;1-16(2,3)19-14(20)15(22-4)21-12-5-6-13-10(8-12)7-11(17)9-18-13/h8-9,12-14,20H,1-7H3,(H,23,24);5-9,15H,1-4H3,(H,19,20). The number of carbonyl (C=O) groups is 2. The number of thioether (sulfide) groups is 2. The van der Waals surface area contributed by atoms with Gasteiger partial charge in [0.25, 0.3) is 11.8 Å². The van der Waals surface area contributed by atoms with Gasteiger partial charge in [0.2, 0.25) is 10.9 Å². The van der Waals surface area contributed by atoms with Crippen LogP contribution >= 0.6 is 39.5 Å². The third-order valence-electron chi connectivity index (χ3n) is 6.19. The van der Waals surface area contributed by atoms with E-state index in [4.69, 9.17) is 9.47 Å². The Labute approximate surface area is 308 Å². The molecule has 2 N–H and O–H groups in total. The second-order valence-corrected chi connectivity index (χ2v) is 21.9. The summed E-state index contributed by atoms with van der Waals surface area (Å²) in [5, 5.41) is 7.80. The van der Waals surface area contributed by atoms with Crippen molar-refractivity contribution >= 4 is 81.1 Å². The largest absolute Gasteiger partial charge is 0.470 e. The fourth-order valence-electron chi connectivity index (χ4n) is 4.19. The minimum atomic E-state index is -1.44. The third kappa shape index (κ3) is 13.9. The molecule has 2 unspecified atom stereocenters. The van der Waals surface area contributed by atoms with Gasteiger partial charge in [0, 0.05) is 44.3 Å². The van der Waals surface area contributed by atoms with E-state index in [2.05, 4.69) is 67.6 Å². The maximum absolute atomic E-state index is 12.4. The van der Waals surface area contributed by atoms with Gasteiger partial charge in [-0.1, -0.05) is 25.6 Å². The van der Waals surface area contributed by atoms with Crippen LogP contribution in [0.2, 0.25) is 19.6 Å². The molecule has 0 saturated heterocycles. The fraction of sp³-hybridized carbons (Fsp3) is 0.405. The summed E-state index contributed by atoms with van der Waals surface area (Å²) in [6.07, 6.45) is 7.27. The number of fused-ring (bicyclic) bond motifs is 2. The van der Waals surface area contributed by atoms with Crippen LogP contribution in [0.5, 0.6) is 11.5 Å². The molecule has 0 spiro atoms. The predicted molar refractivity (Wildman–Crippen MR) is 213 cm³/mol. The first-order chi connectivity index (χ1) is 22.7. The summed E-state index contributed by atoms with van der Waals surface area (Å²) in [7, 11) is -1.44. The maximum Gasteiger partial charge on any atom is 0.272 e. The molecule has 0 saturated carbocycles. The molecule has 0 aliphatic carbocycles. The molecule has 2 heterocycles. The third-order valence-corrected chi connectivity index (χ3v) is 8.98. The van der Waals surface area contributed by atoms with Crippen molar-refractivity contribution in [2.45, 2.75) is 83.1 Å². The van der Waals surface area contributed by atoms with Gasteiger partial charge < -0.3 is 20.1 Å². The van der Waals surface area contributed by atoms with Crippen molar-refractivity contribution < 1.29 is 19.1 Å². The molecule has 2 amide bonds. The van der Waals surface area contributed by atoms with Crippen LogP contribution in [-0.4, -0.2) is 64.3 Å². The highest BCUT2D eigenvalue weighted by atomic mass is 79.9. The van der Waals surface area contributed by atoms with Crippen molar-refractivity contribution in [3.8, 4) is 23.0 Å². The highest BCUT2D eigenvalue weighted by Crippen LogP contribution is 2.26. The SMILES string of the molecule is CSC(Oc1ccc2ncc(Br)cc2c1)C(=O)NC(C)(C)C.CSC(Oc1ccc2ncc(C#C[Si](C)(C)C)cc2c1)C(=O)NC(C)(C)C. The van der Waals surface area contributed by atoms with E-state index in [1.807, 2.05) is 103 Å². The normalized spacial score (nSPS) is 12.9.